The highest BCUT2D eigenvalue weighted by atomic mass is 16.2. The second kappa shape index (κ2) is 16.2. The lowest BCUT2D eigenvalue weighted by molar-refractivity contribution is -0.130. The lowest BCUT2D eigenvalue weighted by atomic mass is 10.0. The molecular weight excluding hydrogens is 436 g/mol. The standard InChI is InChI=1S/C29H36N4O2/c1-4-20-30-21-14-13-19-26(27(34)6-3)31-23-28(35)33(22-5-2)32-29(24-15-9-7-10-16-24)25-17-11-8-12-18-25/h2,4,7-12,15-18,26,30-31H,1,6,13-14,19-23H2,3H3/t26-/m0/s1. The first-order chi connectivity index (χ1) is 17.1. The van der Waals surface area contributed by atoms with Crippen LogP contribution in [-0.2, 0) is 9.59 Å². The van der Waals surface area contributed by atoms with Crippen LogP contribution < -0.4 is 10.6 Å². The number of rotatable bonds is 16. The van der Waals surface area contributed by atoms with Crippen LogP contribution in [0.1, 0.15) is 43.7 Å². The van der Waals surface area contributed by atoms with Crippen LogP contribution in [0.3, 0.4) is 0 Å². The number of Topliss-reactive ketones (excluding diaryl/α,β-unsaturated/α-hetero) is 1. The third kappa shape index (κ3) is 9.70. The van der Waals surface area contributed by atoms with Crippen LogP contribution in [-0.4, -0.2) is 54.6 Å². The Kier molecular flexibility index (Phi) is 12.8. The van der Waals surface area contributed by atoms with Gasteiger partial charge >= 0.3 is 0 Å². The number of amides is 1. The molecule has 0 bridgehead atoms. The first-order valence-corrected chi connectivity index (χ1v) is 12.1. The molecule has 2 aromatic carbocycles. The van der Waals surface area contributed by atoms with Crippen molar-refractivity contribution in [3.8, 4) is 12.3 Å². The van der Waals surface area contributed by atoms with Crippen LogP contribution >= 0.6 is 0 Å². The van der Waals surface area contributed by atoms with Gasteiger partial charge in [0, 0.05) is 24.1 Å². The van der Waals surface area contributed by atoms with Gasteiger partial charge < -0.3 is 5.32 Å². The number of benzene rings is 2. The summed E-state index contributed by atoms with van der Waals surface area (Å²) in [7, 11) is 0. The fourth-order valence-electron chi connectivity index (χ4n) is 3.59. The molecule has 0 fully saturated rings. The maximum absolute atomic E-state index is 13.1. The Morgan fingerprint density at radius 1 is 1.09 bits per heavy atom. The van der Waals surface area contributed by atoms with Crippen LogP contribution in [0.25, 0.3) is 0 Å². The number of carbonyl (C=O) groups excluding carboxylic acids is 2. The molecule has 0 aliphatic carbocycles. The first kappa shape index (κ1) is 27.7. The topological polar surface area (TPSA) is 73.8 Å². The van der Waals surface area contributed by atoms with E-state index in [0.29, 0.717) is 18.6 Å². The minimum Gasteiger partial charge on any atom is -0.313 e. The predicted octanol–water partition coefficient (Wildman–Crippen LogP) is 3.78. The molecule has 0 aliphatic rings. The molecule has 6 heteroatoms. The highest BCUT2D eigenvalue weighted by Crippen LogP contribution is 2.12. The molecule has 0 spiro atoms. The zero-order valence-corrected chi connectivity index (χ0v) is 20.6. The third-order valence-corrected chi connectivity index (χ3v) is 5.47. The molecule has 2 aromatic rings. The van der Waals surface area contributed by atoms with Gasteiger partial charge in [-0.1, -0.05) is 86.0 Å². The van der Waals surface area contributed by atoms with E-state index >= 15 is 0 Å². The minimum atomic E-state index is -0.372. The van der Waals surface area contributed by atoms with E-state index in [0.717, 1.165) is 37.1 Å². The summed E-state index contributed by atoms with van der Waals surface area (Å²) in [5.74, 6) is 2.34. The van der Waals surface area contributed by atoms with Crippen molar-refractivity contribution < 1.29 is 9.59 Å². The number of carbonyl (C=O) groups is 2. The van der Waals surface area contributed by atoms with Gasteiger partial charge in [0.15, 0.2) is 0 Å². The normalized spacial score (nSPS) is 11.2. The molecule has 0 aliphatic heterocycles. The van der Waals surface area contributed by atoms with Crippen molar-refractivity contribution in [3.05, 3.63) is 84.4 Å². The molecule has 2 rings (SSSR count). The van der Waals surface area contributed by atoms with Crippen molar-refractivity contribution in [3.63, 3.8) is 0 Å². The van der Waals surface area contributed by atoms with Gasteiger partial charge in [-0.05, 0) is 19.4 Å². The highest BCUT2D eigenvalue weighted by Gasteiger charge is 2.20. The van der Waals surface area contributed by atoms with Gasteiger partial charge in [0.2, 0.25) is 0 Å². The van der Waals surface area contributed by atoms with Crippen LogP contribution in [0.15, 0.2) is 78.4 Å². The summed E-state index contributed by atoms with van der Waals surface area (Å²) in [5.41, 5.74) is 2.42. The Labute approximate surface area is 209 Å². The molecule has 0 radical (unpaired) electrons. The number of hydrogen-bond donors (Lipinski definition) is 2. The van der Waals surface area contributed by atoms with E-state index in [1.54, 1.807) is 0 Å². The largest absolute Gasteiger partial charge is 0.313 e. The van der Waals surface area contributed by atoms with E-state index in [9.17, 15) is 9.59 Å². The molecule has 35 heavy (non-hydrogen) atoms. The number of unbranched alkanes of at least 4 members (excludes halogenated alkanes) is 1. The fourth-order valence-corrected chi connectivity index (χ4v) is 3.59. The van der Waals surface area contributed by atoms with Gasteiger partial charge in [0.05, 0.1) is 18.3 Å². The summed E-state index contributed by atoms with van der Waals surface area (Å²) < 4.78 is 0. The Morgan fingerprint density at radius 3 is 2.26 bits per heavy atom. The van der Waals surface area contributed by atoms with Gasteiger partial charge in [-0.25, -0.2) is 5.01 Å². The zero-order valence-electron chi connectivity index (χ0n) is 20.6. The highest BCUT2D eigenvalue weighted by molar-refractivity contribution is 6.13. The summed E-state index contributed by atoms with van der Waals surface area (Å²) in [6, 6.07) is 19.0. The zero-order chi connectivity index (χ0) is 25.3. The number of hydrazone groups is 1. The second-order valence-electron chi connectivity index (χ2n) is 8.08. The summed E-state index contributed by atoms with van der Waals surface area (Å²) in [5, 5.41) is 12.4. The van der Waals surface area contributed by atoms with E-state index in [4.69, 9.17) is 6.42 Å². The maximum Gasteiger partial charge on any atom is 0.257 e. The maximum atomic E-state index is 13.1. The number of nitrogens with one attached hydrogen (secondary N) is 2. The molecule has 0 aromatic heterocycles. The molecule has 0 unspecified atom stereocenters. The molecule has 1 amide bonds. The number of ketones is 1. The lowest BCUT2D eigenvalue weighted by Gasteiger charge is -2.21. The molecule has 2 N–H and O–H groups in total. The number of hydrogen-bond acceptors (Lipinski definition) is 5. The number of terminal acetylenes is 1. The van der Waals surface area contributed by atoms with Crippen molar-refractivity contribution in [1.82, 2.24) is 15.6 Å². The quantitative estimate of drug-likeness (QED) is 0.128. The van der Waals surface area contributed by atoms with Crippen LogP contribution in [0.4, 0.5) is 0 Å². The van der Waals surface area contributed by atoms with Gasteiger partial charge in [-0.3, -0.25) is 14.9 Å². The van der Waals surface area contributed by atoms with Crippen molar-refractivity contribution >= 4 is 17.4 Å². The first-order valence-electron chi connectivity index (χ1n) is 12.1. The van der Waals surface area contributed by atoms with E-state index in [1.807, 2.05) is 73.7 Å². The van der Waals surface area contributed by atoms with E-state index in [1.165, 1.54) is 5.01 Å². The molecule has 184 valence electrons. The average Bonchev–Trinajstić information content (AvgIpc) is 2.90. The Morgan fingerprint density at radius 2 is 1.71 bits per heavy atom. The van der Waals surface area contributed by atoms with Crippen molar-refractivity contribution in [2.45, 2.75) is 38.6 Å². The van der Waals surface area contributed by atoms with Crippen LogP contribution in [0, 0.1) is 12.3 Å². The molecule has 0 saturated heterocycles. The molecular formula is C29H36N4O2. The summed E-state index contributed by atoms with van der Waals surface area (Å²) >= 11 is 0. The number of nitrogens with zero attached hydrogens (tertiary/aromatic N) is 2. The molecule has 0 heterocycles. The van der Waals surface area contributed by atoms with Gasteiger partial charge in [0.25, 0.3) is 5.91 Å². The predicted molar refractivity (Wildman–Crippen MR) is 143 cm³/mol. The average molecular weight is 473 g/mol. The summed E-state index contributed by atoms with van der Waals surface area (Å²) in [6.07, 6.45) is 10.3. The lowest BCUT2D eigenvalue weighted by Crippen LogP contribution is -2.43. The Hall–Kier alpha value is -3.53. The van der Waals surface area contributed by atoms with E-state index < -0.39 is 0 Å². The second-order valence-corrected chi connectivity index (χ2v) is 8.08. The monoisotopic (exact) mass is 472 g/mol. The van der Waals surface area contributed by atoms with E-state index in [-0.39, 0.29) is 30.8 Å². The summed E-state index contributed by atoms with van der Waals surface area (Å²) in [4.78, 5) is 25.6. The summed E-state index contributed by atoms with van der Waals surface area (Å²) in [6.45, 7) is 7.17. The van der Waals surface area contributed by atoms with Crippen molar-refractivity contribution in [2.24, 2.45) is 5.10 Å². The Balaban J connectivity index is 2.13. The van der Waals surface area contributed by atoms with Crippen molar-refractivity contribution in [1.29, 1.82) is 0 Å². The van der Waals surface area contributed by atoms with Crippen molar-refractivity contribution in [2.75, 3.05) is 26.2 Å². The van der Waals surface area contributed by atoms with Gasteiger partial charge in [-0.15, -0.1) is 13.0 Å². The smallest absolute Gasteiger partial charge is 0.257 e. The SMILES string of the molecule is C#CCN(N=C(c1ccccc1)c1ccccc1)C(=O)CN[C@@H](CCCCNCC=C)C(=O)CC. The van der Waals surface area contributed by atoms with Gasteiger partial charge in [0.1, 0.15) is 12.3 Å². The molecule has 1 atom stereocenters. The minimum absolute atomic E-state index is 0.0207. The van der Waals surface area contributed by atoms with E-state index in [2.05, 4.69) is 28.2 Å². The van der Waals surface area contributed by atoms with Crippen LogP contribution in [0.2, 0.25) is 0 Å². The van der Waals surface area contributed by atoms with Gasteiger partial charge in [-0.2, -0.15) is 5.10 Å². The molecule has 0 saturated carbocycles. The fraction of sp³-hybridized carbons (Fsp3) is 0.345. The van der Waals surface area contributed by atoms with Crippen LogP contribution in [0.5, 0.6) is 0 Å². The third-order valence-electron chi connectivity index (χ3n) is 5.47. The molecule has 6 nitrogen and oxygen atoms in total. The Bertz CT molecular complexity index is 955.